The number of anilines is 2. The SMILES string of the molecule is CC(C)(C)c1ccc(N2c3ccccc3C3C=C(c4ccc5[nH]c6ccccc6c5c4)C=CC32)cc1. The number of rotatable bonds is 2. The molecule has 2 heteroatoms. The molecule has 7 rings (SSSR count). The van der Waals surface area contributed by atoms with Gasteiger partial charge in [0.05, 0.1) is 6.04 Å². The molecule has 5 aromatic rings. The fourth-order valence-corrected chi connectivity index (χ4v) is 5.99. The molecule has 0 saturated carbocycles. The van der Waals surface area contributed by atoms with Gasteiger partial charge in [-0.25, -0.2) is 0 Å². The molecule has 0 saturated heterocycles. The lowest BCUT2D eigenvalue weighted by molar-refractivity contribution is 0.590. The van der Waals surface area contributed by atoms with Gasteiger partial charge in [-0.05, 0) is 64.1 Å². The Bertz CT molecular complexity index is 1670. The van der Waals surface area contributed by atoms with E-state index in [-0.39, 0.29) is 11.5 Å². The van der Waals surface area contributed by atoms with Crippen LogP contribution >= 0.6 is 0 Å². The topological polar surface area (TPSA) is 19.0 Å². The molecule has 0 radical (unpaired) electrons. The molecule has 4 aromatic carbocycles. The van der Waals surface area contributed by atoms with Gasteiger partial charge in [0.2, 0.25) is 0 Å². The Morgan fingerprint density at radius 1 is 0.750 bits per heavy atom. The molecule has 2 nitrogen and oxygen atoms in total. The lowest BCUT2D eigenvalue weighted by atomic mass is 9.86. The minimum absolute atomic E-state index is 0.151. The Kier molecular flexibility index (Phi) is 4.56. The van der Waals surface area contributed by atoms with Crippen molar-refractivity contribution in [2.24, 2.45) is 0 Å². The van der Waals surface area contributed by atoms with Gasteiger partial charge in [0.1, 0.15) is 0 Å². The molecule has 0 fully saturated rings. The summed E-state index contributed by atoms with van der Waals surface area (Å²) in [6.45, 7) is 6.81. The van der Waals surface area contributed by atoms with Crippen LogP contribution in [-0.4, -0.2) is 11.0 Å². The van der Waals surface area contributed by atoms with Crippen molar-refractivity contribution in [3.05, 3.63) is 126 Å². The maximum Gasteiger partial charge on any atom is 0.0630 e. The monoisotopic (exact) mass is 466 g/mol. The first-order chi connectivity index (χ1) is 17.5. The summed E-state index contributed by atoms with van der Waals surface area (Å²) in [7, 11) is 0. The number of nitrogens with zero attached hydrogens (tertiary/aromatic N) is 1. The number of allylic oxidation sites excluding steroid dienone is 2. The number of aromatic nitrogens is 1. The summed E-state index contributed by atoms with van der Waals surface area (Å²) in [5.74, 6) is 0.321. The van der Waals surface area contributed by atoms with Crippen LogP contribution in [0.15, 0.2) is 109 Å². The van der Waals surface area contributed by atoms with E-state index in [1.807, 2.05) is 0 Å². The minimum atomic E-state index is 0.151. The summed E-state index contributed by atoms with van der Waals surface area (Å²) in [5.41, 5.74) is 10.4. The van der Waals surface area contributed by atoms with Crippen molar-refractivity contribution >= 4 is 38.8 Å². The van der Waals surface area contributed by atoms with E-state index in [2.05, 4.69) is 140 Å². The Morgan fingerprint density at radius 2 is 1.50 bits per heavy atom. The van der Waals surface area contributed by atoms with Crippen molar-refractivity contribution in [2.75, 3.05) is 4.90 Å². The first kappa shape index (κ1) is 21.3. The van der Waals surface area contributed by atoms with Gasteiger partial charge >= 0.3 is 0 Å². The number of nitrogens with one attached hydrogen (secondary N) is 1. The smallest absolute Gasteiger partial charge is 0.0630 e. The molecule has 2 heterocycles. The second-order valence-corrected chi connectivity index (χ2v) is 11.2. The first-order valence-corrected chi connectivity index (χ1v) is 12.9. The largest absolute Gasteiger partial charge is 0.355 e. The van der Waals surface area contributed by atoms with E-state index in [0.29, 0.717) is 5.92 Å². The van der Waals surface area contributed by atoms with Crippen LogP contribution in [0.4, 0.5) is 11.4 Å². The van der Waals surface area contributed by atoms with Crippen LogP contribution in [0.2, 0.25) is 0 Å². The van der Waals surface area contributed by atoms with Gasteiger partial charge in [0, 0.05) is 39.1 Å². The van der Waals surface area contributed by atoms with E-state index in [4.69, 9.17) is 0 Å². The van der Waals surface area contributed by atoms with E-state index in [0.717, 1.165) is 0 Å². The highest BCUT2D eigenvalue weighted by molar-refractivity contribution is 6.08. The highest BCUT2D eigenvalue weighted by Crippen LogP contribution is 2.49. The van der Waals surface area contributed by atoms with Gasteiger partial charge in [-0.2, -0.15) is 0 Å². The van der Waals surface area contributed by atoms with Crippen LogP contribution in [0.3, 0.4) is 0 Å². The molecule has 1 aliphatic carbocycles. The van der Waals surface area contributed by atoms with Gasteiger partial charge in [0.15, 0.2) is 0 Å². The Hall–Kier alpha value is -4.04. The molecular weight excluding hydrogens is 436 g/mol. The summed E-state index contributed by atoms with van der Waals surface area (Å²) in [4.78, 5) is 6.06. The van der Waals surface area contributed by atoms with Gasteiger partial charge < -0.3 is 9.88 Å². The second-order valence-electron chi connectivity index (χ2n) is 11.2. The molecule has 1 aliphatic heterocycles. The molecule has 0 bridgehead atoms. The van der Waals surface area contributed by atoms with E-state index >= 15 is 0 Å². The van der Waals surface area contributed by atoms with E-state index in [9.17, 15) is 0 Å². The fourth-order valence-electron chi connectivity index (χ4n) is 5.99. The fraction of sp³-hybridized carbons (Fsp3) is 0.176. The van der Waals surface area contributed by atoms with Gasteiger partial charge in [-0.1, -0.05) is 93.6 Å². The predicted molar refractivity (Wildman–Crippen MR) is 153 cm³/mol. The zero-order valence-corrected chi connectivity index (χ0v) is 21.0. The van der Waals surface area contributed by atoms with Crippen LogP contribution in [0.1, 0.15) is 43.4 Å². The van der Waals surface area contributed by atoms with Crippen LogP contribution < -0.4 is 4.90 Å². The van der Waals surface area contributed by atoms with E-state index < -0.39 is 0 Å². The summed E-state index contributed by atoms with van der Waals surface area (Å²) >= 11 is 0. The molecule has 2 atom stereocenters. The summed E-state index contributed by atoms with van der Waals surface area (Å²) < 4.78 is 0. The second kappa shape index (κ2) is 7.73. The number of hydrogen-bond donors (Lipinski definition) is 1. The highest BCUT2D eigenvalue weighted by Gasteiger charge is 2.38. The number of benzene rings is 4. The number of para-hydroxylation sites is 2. The van der Waals surface area contributed by atoms with Crippen molar-refractivity contribution in [2.45, 2.75) is 38.1 Å². The standard InChI is InChI=1S/C34H30N2/c1-34(2,3)24-14-16-25(17-15-24)36-32-11-7-5-9-27(32)29-21-23(13-19-33(29)36)22-12-18-31-28(20-22)26-8-4-6-10-30(26)35-31/h4-21,29,33,35H,1-3H3. The summed E-state index contributed by atoms with van der Waals surface area (Å²) in [6, 6.07) is 33.7. The zero-order valence-electron chi connectivity index (χ0n) is 21.0. The third-order valence-electron chi connectivity index (χ3n) is 7.90. The number of H-pyrrole nitrogens is 1. The van der Waals surface area contributed by atoms with Crippen LogP contribution in [0.25, 0.3) is 27.4 Å². The molecule has 36 heavy (non-hydrogen) atoms. The quantitative estimate of drug-likeness (QED) is 0.275. The Morgan fingerprint density at radius 3 is 2.33 bits per heavy atom. The zero-order chi connectivity index (χ0) is 24.4. The van der Waals surface area contributed by atoms with Gasteiger partial charge in [-0.15, -0.1) is 0 Å². The molecule has 1 N–H and O–H groups in total. The van der Waals surface area contributed by atoms with Crippen molar-refractivity contribution in [1.82, 2.24) is 4.98 Å². The lowest BCUT2D eigenvalue weighted by Crippen LogP contribution is -2.29. The molecular formula is C34H30N2. The van der Waals surface area contributed by atoms with E-state index in [1.165, 1.54) is 55.4 Å². The number of aromatic amines is 1. The van der Waals surface area contributed by atoms with Crippen LogP contribution in [-0.2, 0) is 5.41 Å². The van der Waals surface area contributed by atoms with Crippen LogP contribution in [0.5, 0.6) is 0 Å². The van der Waals surface area contributed by atoms with Crippen molar-refractivity contribution < 1.29 is 0 Å². The maximum atomic E-state index is 3.55. The minimum Gasteiger partial charge on any atom is -0.355 e. The Labute approximate surface area is 212 Å². The average molecular weight is 467 g/mol. The average Bonchev–Trinajstić information content (AvgIpc) is 3.43. The van der Waals surface area contributed by atoms with E-state index in [1.54, 1.807) is 0 Å². The third-order valence-corrected chi connectivity index (χ3v) is 7.90. The van der Waals surface area contributed by atoms with Gasteiger partial charge in [-0.3, -0.25) is 0 Å². The van der Waals surface area contributed by atoms with Gasteiger partial charge in [0.25, 0.3) is 0 Å². The highest BCUT2D eigenvalue weighted by atomic mass is 15.2. The molecule has 0 spiro atoms. The van der Waals surface area contributed by atoms with Crippen molar-refractivity contribution in [3.63, 3.8) is 0 Å². The third kappa shape index (κ3) is 3.25. The Balaban J connectivity index is 1.29. The number of fused-ring (bicyclic) bond motifs is 6. The molecule has 1 aromatic heterocycles. The predicted octanol–water partition coefficient (Wildman–Crippen LogP) is 8.88. The molecule has 2 unspecified atom stereocenters. The lowest BCUT2D eigenvalue weighted by Gasteiger charge is -2.30. The first-order valence-electron chi connectivity index (χ1n) is 12.9. The molecule has 176 valence electrons. The summed E-state index contributed by atoms with van der Waals surface area (Å²) in [5, 5.41) is 2.57. The van der Waals surface area contributed by atoms with Crippen molar-refractivity contribution in [1.29, 1.82) is 0 Å². The maximum absolute atomic E-state index is 3.55. The van der Waals surface area contributed by atoms with Crippen LogP contribution in [0, 0.1) is 0 Å². The summed E-state index contributed by atoms with van der Waals surface area (Å²) in [6.07, 6.45) is 7.19. The normalized spacial score (nSPS) is 19.0. The molecule has 0 amide bonds. The molecule has 2 aliphatic rings. The van der Waals surface area contributed by atoms with Crippen molar-refractivity contribution in [3.8, 4) is 0 Å². The number of hydrogen-bond acceptors (Lipinski definition) is 1.